The first-order valence-electron chi connectivity index (χ1n) is 5.74. The van der Waals surface area contributed by atoms with E-state index in [1.165, 1.54) is 12.1 Å². The normalized spacial score (nSPS) is 10.4. The maximum absolute atomic E-state index is 10.7. The van der Waals surface area contributed by atoms with Crippen LogP contribution in [0.4, 0.5) is 5.69 Å². The number of hydrogen-bond donors (Lipinski definition) is 0. The Kier molecular flexibility index (Phi) is 4.57. The Balaban J connectivity index is 0.00000161. The van der Waals surface area contributed by atoms with Crippen LogP contribution in [0.5, 0.6) is 0 Å². The van der Waals surface area contributed by atoms with Gasteiger partial charge in [-0.25, -0.2) is 9.55 Å². The van der Waals surface area contributed by atoms with E-state index >= 15 is 0 Å². The lowest BCUT2D eigenvalue weighted by Gasteiger charge is -1.94. The third-order valence-electron chi connectivity index (χ3n) is 2.79. The third-order valence-corrected chi connectivity index (χ3v) is 3.23. The van der Waals surface area contributed by atoms with E-state index in [9.17, 15) is 10.1 Å². The monoisotopic (exact) mass is 461 g/mol. The first-order chi connectivity index (χ1) is 9.52. The van der Waals surface area contributed by atoms with Gasteiger partial charge in [0.2, 0.25) is 5.89 Å². The number of rotatable bonds is 2. The second-order valence-electron chi connectivity index (χ2n) is 4.34. The molecule has 3 aromatic rings. The van der Waals surface area contributed by atoms with Crippen molar-refractivity contribution in [2.24, 2.45) is 7.05 Å². The maximum atomic E-state index is 10.7. The number of nitrogens with zero attached hydrogens (tertiary/aromatic N) is 3. The van der Waals surface area contributed by atoms with Gasteiger partial charge in [-0.3, -0.25) is 10.1 Å². The van der Waals surface area contributed by atoms with Crippen molar-refractivity contribution >= 4 is 32.7 Å². The van der Waals surface area contributed by atoms with Crippen molar-refractivity contribution in [2.75, 3.05) is 0 Å². The van der Waals surface area contributed by atoms with Crippen molar-refractivity contribution in [3.63, 3.8) is 0 Å². The molecular formula is C13H9BrIN3O3. The van der Waals surface area contributed by atoms with Crippen LogP contribution in [0.15, 0.2) is 45.5 Å². The number of nitro groups is 1. The van der Waals surface area contributed by atoms with E-state index in [0.29, 0.717) is 17.0 Å². The Labute approximate surface area is 145 Å². The number of aromatic nitrogens is 2. The molecule has 0 saturated heterocycles. The van der Waals surface area contributed by atoms with Crippen molar-refractivity contribution in [1.82, 2.24) is 4.98 Å². The molecule has 108 valence electrons. The first-order valence-corrected chi connectivity index (χ1v) is 6.53. The third kappa shape index (κ3) is 3.21. The summed E-state index contributed by atoms with van der Waals surface area (Å²) in [5.74, 6) is 0.428. The molecule has 0 saturated carbocycles. The average molecular weight is 462 g/mol. The highest BCUT2D eigenvalue weighted by Gasteiger charge is 2.15. The van der Waals surface area contributed by atoms with E-state index in [4.69, 9.17) is 4.42 Å². The summed E-state index contributed by atoms with van der Waals surface area (Å²) in [6.45, 7) is 0. The molecule has 0 bridgehead atoms. The topological polar surface area (TPSA) is 73.0 Å². The van der Waals surface area contributed by atoms with Gasteiger partial charge in [-0.1, -0.05) is 0 Å². The lowest BCUT2D eigenvalue weighted by atomic mass is 10.3. The molecule has 0 N–H and O–H groups in total. The molecule has 0 atom stereocenters. The summed E-state index contributed by atoms with van der Waals surface area (Å²) in [6, 6.07) is 6.24. The number of halogens is 2. The van der Waals surface area contributed by atoms with E-state index in [0.717, 1.165) is 10.0 Å². The van der Waals surface area contributed by atoms with E-state index in [1.54, 1.807) is 6.07 Å². The number of fused-ring (bicyclic) bond motifs is 1. The van der Waals surface area contributed by atoms with Gasteiger partial charge < -0.3 is 28.4 Å². The van der Waals surface area contributed by atoms with Crippen LogP contribution in [0.3, 0.4) is 0 Å². The molecule has 3 rings (SSSR count). The Morgan fingerprint density at radius 1 is 1.33 bits per heavy atom. The molecule has 0 spiro atoms. The van der Waals surface area contributed by atoms with Crippen molar-refractivity contribution in [1.29, 1.82) is 0 Å². The summed E-state index contributed by atoms with van der Waals surface area (Å²) < 4.78 is 8.40. The summed E-state index contributed by atoms with van der Waals surface area (Å²) in [6.07, 6.45) is 3.76. The highest BCUT2D eigenvalue weighted by molar-refractivity contribution is 9.10. The minimum absolute atomic E-state index is 0. The highest BCUT2D eigenvalue weighted by atomic mass is 127. The zero-order valence-corrected chi connectivity index (χ0v) is 14.5. The van der Waals surface area contributed by atoms with Crippen molar-refractivity contribution in [2.45, 2.75) is 0 Å². The summed E-state index contributed by atoms with van der Waals surface area (Å²) in [7, 11) is 1.89. The van der Waals surface area contributed by atoms with Crippen LogP contribution in [0.1, 0.15) is 0 Å². The van der Waals surface area contributed by atoms with Gasteiger partial charge in [0.15, 0.2) is 18.0 Å². The standard InChI is InChI=1S/C13H9BrN3O3.HI/c1-16-6-8(4-9(14)7-16)13-15-11-5-10(17(18)19)2-3-12(11)20-13;/h2-7H,1H3;1H/q+1;/p-1. The van der Waals surface area contributed by atoms with Crippen LogP contribution in [0.25, 0.3) is 22.6 Å². The molecule has 0 aliphatic rings. The Hall–Kier alpha value is -1.55. The summed E-state index contributed by atoms with van der Waals surface area (Å²) in [4.78, 5) is 14.6. The number of nitro benzene ring substituents is 1. The summed E-state index contributed by atoms with van der Waals surface area (Å²) in [5.41, 5.74) is 1.78. The fourth-order valence-electron chi connectivity index (χ4n) is 1.94. The second-order valence-corrected chi connectivity index (χ2v) is 5.25. The zero-order chi connectivity index (χ0) is 14.3. The summed E-state index contributed by atoms with van der Waals surface area (Å²) in [5, 5.41) is 10.7. The van der Waals surface area contributed by atoms with Gasteiger partial charge in [0.1, 0.15) is 18.1 Å². The van der Waals surface area contributed by atoms with Gasteiger partial charge in [-0.2, -0.15) is 0 Å². The highest BCUT2D eigenvalue weighted by Crippen LogP contribution is 2.27. The fraction of sp³-hybridized carbons (Fsp3) is 0.0769. The van der Waals surface area contributed by atoms with E-state index in [1.807, 2.05) is 30.1 Å². The van der Waals surface area contributed by atoms with Gasteiger partial charge in [0.25, 0.3) is 5.69 Å². The molecule has 0 aliphatic heterocycles. The Morgan fingerprint density at radius 3 is 2.76 bits per heavy atom. The van der Waals surface area contributed by atoms with Crippen molar-refractivity contribution < 1.29 is 37.9 Å². The molecule has 0 fully saturated rings. The van der Waals surface area contributed by atoms with Gasteiger partial charge in [0, 0.05) is 12.1 Å². The predicted octanol–water partition coefficient (Wildman–Crippen LogP) is -0.00600. The molecule has 6 nitrogen and oxygen atoms in total. The number of pyridine rings is 1. The molecule has 0 unspecified atom stereocenters. The van der Waals surface area contributed by atoms with Crippen LogP contribution in [-0.4, -0.2) is 9.91 Å². The smallest absolute Gasteiger partial charge is 0.271 e. The minimum atomic E-state index is -0.451. The minimum Gasteiger partial charge on any atom is -1.00 e. The Bertz CT molecular complexity index is 814. The molecular weight excluding hydrogens is 453 g/mol. The number of benzene rings is 1. The largest absolute Gasteiger partial charge is 1.00 e. The summed E-state index contributed by atoms with van der Waals surface area (Å²) >= 11 is 3.41. The molecule has 1 aromatic carbocycles. The van der Waals surface area contributed by atoms with E-state index in [-0.39, 0.29) is 29.7 Å². The maximum Gasteiger partial charge on any atom is 0.271 e. The van der Waals surface area contributed by atoms with Crippen LogP contribution in [0, 0.1) is 10.1 Å². The van der Waals surface area contributed by atoms with Crippen LogP contribution < -0.4 is 28.5 Å². The zero-order valence-electron chi connectivity index (χ0n) is 10.8. The molecule has 2 heterocycles. The SMILES string of the molecule is C[n+]1cc(Br)cc(-c2nc3cc([N+](=O)[O-])ccc3o2)c1.[I-]. The molecule has 0 amide bonds. The van der Waals surface area contributed by atoms with Crippen LogP contribution in [-0.2, 0) is 7.05 Å². The molecule has 0 aliphatic carbocycles. The Morgan fingerprint density at radius 2 is 2.10 bits per heavy atom. The first kappa shape index (κ1) is 15.8. The quantitative estimate of drug-likeness (QED) is 0.233. The van der Waals surface area contributed by atoms with Gasteiger partial charge in [0.05, 0.1) is 9.40 Å². The number of non-ortho nitro benzene ring substituents is 1. The van der Waals surface area contributed by atoms with Gasteiger partial charge >= 0.3 is 0 Å². The lowest BCUT2D eigenvalue weighted by molar-refractivity contribution is -0.671. The van der Waals surface area contributed by atoms with E-state index in [2.05, 4.69) is 20.9 Å². The van der Waals surface area contributed by atoms with Crippen molar-refractivity contribution in [3.05, 3.63) is 51.2 Å². The number of aryl methyl sites for hydroxylation is 1. The van der Waals surface area contributed by atoms with E-state index < -0.39 is 4.92 Å². The molecule has 0 radical (unpaired) electrons. The fourth-order valence-corrected chi connectivity index (χ4v) is 2.51. The van der Waals surface area contributed by atoms with Crippen LogP contribution >= 0.6 is 15.9 Å². The molecule has 21 heavy (non-hydrogen) atoms. The predicted molar refractivity (Wildman–Crippen MR) is 75.0 cm³/mol. The number of oxazole rings is 1. The van der Waals surface area contributed by atoms with Gasteiger partial charge in [-0.15, -0.1) is 0 Å². The average Bonchev–Trinajstić information content (AvgIpc) is 2.80. The van der Waals surface area contributed by atoms with Crippen molar-refractivity contribution in [3.8, 4) is 11.5 Å². The second kappa shape index (κ2) is 6.06. The molecule has 8 heteroatoms. The van der Waals surface area contributed by atoms with Gasteiger partial charge in [-0.05, 0) is 28.1 Å². The lowest BCUT2D eigenvalue weighted by Crippen LogP contribution is -3.00. The molecule has 2 aromatic heterocycles. The van der Waals surface area contributed by atoms with Crippen LogP contribution in [0.2, 0.25) is 0 Å². The number of hydrogen-bond acceptors (Lipinski definition) is 4.